The van der Waals surface area contributed by atoms with E-state index in [1.165, 1.54) is 0 Å². The van der Waals surface area contributed by atoms with Crippen LogP contribution in [0.4, 0.5) is 5.69 Å². The average molecular weight is 528 g/mol. The molecular weight excluding hydrogens is 490 g/mol. The number of piperidine rings is 1. The van der Waals surface area contributed by atoms with E-state index >= 15 is 0 Å². The third-order valence-corrected chi connectivity index (χ3v) is 8.81. The van der Waals surface area contributed by atoms with E-state index in [0.29, 0.717) is 17.7 Å². The SMILES string of the molecule is CC1(C)CC(Nc2ccc3c(c2O)C(=O)C2=C(O)[C@]4(O)C(=O)C(C(N)=O)C(O)C[C@@H]4C[C@@H]2C3)CC(C)(C)N1. The first-order valence-corrected chi connectivity index (χ1v) is 13.2. The van der Waals surface area contributed by atoms with Crippen LogP contribution in [-0.2, 0) is 16.0 Å². The number of carbonyl (C=O) groups excluding carboxylic acids is 3. The molecule has 0 radical (unpaired) electrons. The number of rotatable bonds is 3. The van der Waals surface area contributed by atoms with Crippen LogP contribution >= 0.6 is 0 Å². The van der Waals surface area contributed by atoms with Gasteiger partial charge in [0.2, 0.25) is 5.91 Å². The zero-order valence-electron chi connectivity index (χ0n) is 22.2. The lowest BCUT2D eigenvalue weighted by molar-refractivity contribution is -0.167. The quantitative estimate of drug-likeness (QED) is 0.226. The van der Waals surface area contributed by atoms with Gasteiger partial charge in [-0.3, -0.25) is 14.4 Å². The second-order valence-corrected chi connectivity index (χ2v) is 12.9. The van der Waals surface area contributed by atoms with Crippen LogP contribution in [0.5, 0.6) is 5.75 Å². The molecule has 1 aromatic rings. The maximum atomic E-state index is 13.8. The number of amides is 1. The van der Waals surface area contributed by atoms with E-state index in [9.17, 15) is 34.8 Å². The van der Waals surface area contributed by atoms with E-state index in [4.69, 9.17) is 5.73 Å². The van der Waals surface area contributed by atoms with Gasteiger partial charge in [0.05, 0.1) is 17.4 Å². The van der Waals surface area contributed by atoms with Gasteiger partial charge in [0.15, 0.2) is 17.2 Å². The van der Waals surface area contributed by atoms with Crippen LogP contribution < -0.4 is 16.4 Å². The Bertz CT molecular complexity index is 1250. The standard InChI is InChI=1S/C28H37N3O7/c1-26(2)10-15(11-27(3,4)31-26)30-16-6-5-12-7-13-8-14-9-17(32)20(25(29)37)24(36)28(14,38)23(35)19(13)22(34)18(12)21(16)33/h5-6,13-15,17,20,30-33,35,38H,7-11H2,1-4H3,(H2,29,37)/t13-,14-,17?,20?,28-/m0/s1. The Balaban J connectivity index is 1.52. The van der Waals surface area contributed by atoms with E-state index in [-0.39, 0.29) is 46.8 Å². The molecule has 5 atom stereocenters. The lowest BCUT2D eigenvalue weighted by Crippen LogP contribution is -2.63. The first-order chi connectivity index (χ1) is 17.6. The number of Topliss-reactive ketones (excluding diaryl/α,β-unsaturated/α-hetero) is 2. The number of benzene rings is 1. The predicted molar refractivity (Wildman–Crippen MR) is 139 cm³/mol. The zero-order valence-corrected chi connectivity index (χ0v) is 22.2. The number of anilines is 1. The number of carbonyl (C=O) groups is 3. The van der Waals surface area contributed by atoms with Crippen LogP contribution in [0.3, 0.4) is 0 Å². The molecule has 1 aliphatic heterocycles. The summed E-state index contributed by atoms with van der Waals surface area (Å²) in [5.74, 6) is -7.02. The van der Waals surface area contributed by atoms with Crippen molar-refractivity contribution in [3.8, 4) is 5.75 Å². The van der Waals surface area contributed by atoms with Crippen molar-refractivity contribution < 1.29 is 34.8 Å². The van der Waals surface area contributed by atoms with Crippen LogP contribution in [0.15, 0.2) is 23.5 Å². The van der Waals surface area contributed by atoms with Gasteiger partial charge >= 0.3 is 0 Å². The topological polar surface area (TPSA) is 182 Å². The highest BCUT2D eigenvalue weighted by molar-refractivity contribution is 6.16. The van der Waals surface area contributed by atoms with E-state index in [1.807, 2.05) is 0 Å². The minimum absolute atomic E-state index is 0.0250. The average Bonchev–Trinajstić information content (AvgIpc) is 2.75. The summed E-state index contributed by atoms with van der Waals surface area (Å²) in [5, 5.41) is 51.2. The Morgan fingerprint density at radius 2 is 1.71 bits per heavy atom. The molecule has 1 heterocycles. The number of allylic oxidation sites excluding steroid dienone is 1. The molecule has 0 bridgehead atoms. The summed E-state index contributed by atoms with van der Waals surface area (Å²) in [5.41, 5.74) is 3.41. The molecule has 8 N–H and O–H groups in total. The molecule has 0 aromatic heterocycles. The normalized spacial score (nSPS) is 34.3. The second kappa shape index (κ2) is 8.53. The molecule has 1 saturated heterocycles. The number of primary amides is 1. The molecule has 10 heteroatoms. The third kappa shape index (κ3) is 4.01. The zero-order chi connectivity index (χ0) is 27.9. The van der Waals surface area contributed by atoms with Crippen molar-refractivity contribution in [2.24, 2.45) is 23.5 Å². The van der Waals surface area contributed by atoms with Gasteiger partial charge in [0.1, 0.15) is 17.4 Å². The molecule has 0 spiro atoms. The Kier molecular flexibility index (Phi) is 5.98. The number of phenols is 1. The Morgan fingerprint density at radius 1 is 1.08 bits per heavy atom. The highest BCUT2D eigenvalue weighted by atomic mass is 16.3. The predicted octanol–water partition coefficient (Wildman–Crippen LogP) is 1.47. The Labute approximate surface area is 221 Å². The van der Waals surface area contributed by atoms with Gasteiger partial charge in [-0.2, -0.15) is 0 Å². The van der Waals surface area contributed by atoms with Gasteiger partial charge in [-0.05, 0) is 77.3 Å². The van der Waals surface area contributed by atoms with Gasteiger partial charge in [-0.15, -0.1) is 0 Å². The van der Waals surface area contributed by atoms with E-state index in [2.05, 4.69) is 38.3 Å². The summed E-state index contributed by atoms with van der Waals surface area (Å²) in [4.78, 5) is 38.8. The van der Waals surface area contributed by atoms with Crippen molar-refractivity contribution in [1.82, 2.24) is 5.32 Å². The molecular formula is C28H37N3O7. The maximum Gasteiger partial charge on any atom is 0.230 e. The maximum absolute atomic E-state index is 13.8. The van der Waals surface area contributed by atoms with Crippen molar-refractivity contribution in [3.05, 3.63) is 34.6 Å². The van der Waals surface area contributed by atoms with Gasteiger partial charge < -0.3 is 36.8 Å². The minimum Gasteiger partial charge on any atom is -0.508 e. The summed E-state index contributed by atoms with van der Waals surface area (Å²) in [6.07, 6.45) is 0.528. The third-order valence-electron chi connectivity index (χ3n) is 8.81. The first kappa shape index (κ1) is 26.6. The molecule has 38 heavy (non-hydrogen) atoms. The van der Waals surface area contributed by atoms with Crippen LogP contribution in [0.25, 0.3) is 0 Å². The molecule has 1 saturated carbocycles. The number of hydrogen-bond donors (Lipinski definition) is 7. The molecule has 206 valence electrons. The van der Waals surface area contributed by atoms with E-state index in [0.717, 1.165) is 12.8 Å². The van der Waals surface area contributed by atoms with Crippen molar-refractivity contribution in [1.29, 1.82) is 0 Å². The fraction of sp³-hybridized carbons (Fsp3) is 0.607. The van der Waals surface area contributed by atoms with Crippen molar-refractivity contribution in [3.63, 3.8) is 0 Å². The number of fused-ring (bicyclic) bond motifs is 3. The lowest BCUT2D eigenvalue weighted by Gasteiger charge is -2.48. The molecule has 1 amide bonds. The molecule has 10 nitrogen and oxygen atoms in total. The summed E-state index contributed by atoms with van der Waals surface area (Å²) >= 11 is 0. The van der Waals surface area contributed by atoms with Crippen LogP contribution in [0.2, 0.25) is 0 Å². The number of nitrogens with one attached hydrogen (secondary N) is 2. The number of ketones is 2. The summed E-state index contributed by atoms with van der Waals surface area (Å²) in [7, 11) is 0. The first-order valence-electron chi connectivity index (χ1n) is 13.2. The molecule has 2 unspecified atom stereocenters. The second-order valence-electron chi connectivity index (χ2n) is 12.9. The molecule has 3 aliphatic carbocycles. The number of aliphatic hydroxyl groups is 3. The van der Waals surface area contributed by atoms with Gasteiger partial charge in [-0.1, -0.05) is 6.07 Å². The Hall–Kier alpha value is -2.95. The fourth-order valence-electron chi connectivity index (χ4n) is 7.66. The highest BCUT2D eigenvalue weighted by Crippen LogP contribution is 2.52. The number of aromatic hydroxyl groups is 1. The molecule has 2 fully saturated rings. The van der Waals surface area contributed by atoms with E-state index < -0.39 is 52.7 Å². The number of aliphatic hydroxyl groups excluding tert-OH is 2. The number of phenolic OH excluding ortho intramolecular Hbond substituents is 1. The summed E-state index contributed by atoms with van der Waals surface area (Å²) in [6.45, 7) is 8.46. The summed E-state index contributed by atoms with van der Waals surface area (Å²) < 4.78 is 0. The minimum atomic E-state index is -2.50. The Morgan fingerprint density at radius 3 is 2.32 bits per heavy atom. The van der Waals surface area contributed by atoms with E-state index in [1.54, 1.807) is 12.1 Å². The number of nitrogens with two attached hydrogens (primary N) is 1. The van der Waals surface area contributed by atoms with Crippen molar-refractivity contribution in [2.75, 3.05) is 5.32 Å². The molecule has 5 rings (SSSR count). The smallest absolute Gasteiger partial charge is 0.230 e. The van der Waals surface area contributed by atoms with Crippen molar-refractivity contribution >= 4 is 23.2 Å². The summed E-state index contributed by atoms with van der Waals surface area (Å²) in [6, 6.07) is 3.56. The number of hydrogen-bond acceptors (Lipinski definition) is 9. The fourth-order valence-corrected chi connectivity index (χ4v) is 7.66. The lowest BCUT2D eigenvalue weighted by atomic mass is 9.58. The monoisotopic (exact) mass is 527 g/mol. The van der Waals surface area contributed by atoms with Gasteiger partial charge in [0, 0.05) is 28.6 Å². The largest absolute Gasteiger partial charge is 0.508 e. The van der Waals surface area contributed by atoms with Gasteiger partial charge in [-0.25, -0.2) is 0 Å². The highest BCUT2D eigenvalue weighted by Gasteiger charge is 2.62. The van der Waals surface area contributed by atoms with Crippen LogP contribution in [0, 0.1) is 17.8 Å². The molecule has 1 aromatic carbocycles. The van der Waals surface area contributed by atoms with Crippen LogP contribution in [0.1, 0.15) is 69.3 Å². The van der Waals surface area contributed by atoms with Crippen molar-refractivity contribution in [2.45, 2.75) is 88.6 Å². The molecule has 4 aliphatic rings. The van der Waals surface area contributed by atoms with Gasteiger partial charge in [0.25, 0.3) is 0 Å². The van der Waals surface area contributed by atoms with Crippen LogP contribution in [-0.4, -0.2) is 66.7 Å².